The van der Waals surface area contributed by atoms with Crippen molar-refractivity contribution in [1.82, 2.24) is 0 Å². The molecule has 56 valence electrons. The molecular weight excluding hydrogens is 124 g/mol. The molecule has 1 rings (SSSR count). The van der Waals surface area contributed by atoms with E-state index in [0.717, 1.165) is 6.42 Å². The first-order valence-electron chi connectivity index (χ1n) is 3.74. The van der Waals surface area contributed by atoms with Crippen molar-refractivity contribution in [2.24, 2.45) is 17.6 Å². The molecule has 1 aliphatic rings. The molecule has 0 radical (unpaired) electrons. The van der Waals surface area contributed by atoms with Gasteiger partial charge in [0.05, 0.1) is 0 Å². The zero-order valence-corrected chi connectivity index (χ0v) is 6.30. The maximum absolute atomic E-state index is 7.06. The van der Waals surface area contributed by atoms with Crippen molar-refractivity contribution >= 4 is 6.21 Å². The first-order valence-corrected chi connectivity index (χ1v) is 3.74. The van der Waals surface area contributed by atoms with Crippen LogP contribution in [0.5, 0.6) is 0 Å². The Morgan fingerprint density at radius 2 is 2.60 bits per heavy atom. The van der Waals surface area contributed by atoms with Gasteiger partial charge < -0.3 is 11.1 Å². The van der Waals surface area contributed by atoms with Crippen LogP contribution >= 0.6 is 0 Å². The lowest BCUT2D eigenvalue weighted by Crippen LogP contribution is -2.18. The van der Waals surface area contributed by atoms with Crippen molar-refractivity contribution in [2.75, 3.05) is 6.54 Å². The topological polar surface area (TPSA) is 49.9 Å². The fourth-order valence-corrected chi connectivity index (χ4v) is 1.25. The zero-order valence-electron chi connectivity index (χ0n) is 6.30. The van der Waals surface area contributed by atoms with Gasteiger partial charge in [-0.15, -0.1) is 0 Å². The molecule has 1 aliphatic carbocycles. The Kier molecular flexibility index (Phi) is 2.22. The smallest absolute Gasteiger partial charge is 0.0158 e. The highest BCUT2D eigenvalue weighted by Gasteiger charge is 2.28. The molecule has 0 amide bonds. The van der Waals surface area contributed by atoms with Crippen molar-refractivity contribution in [1.29, 1.82) is 5.41 Å². The van der Waals surface area contributed by atoms with Gasteiger partial charge in [-0.25, -0.2) is 0 Å². The Balaban J connectivity index is 2.32. The average Bonchev–Trinajstić information content (AvgIpc) is 2.70. The number of hydrogen-bond acceptors (Lipinski definition) is 2. The minimum absolute atomic E-state index is 0.273. The van der Waals surface area contributed by atoms with Crippen LogP contribution in [0.15, 0.2) is 11.6 Å². The summed E-state index contributed by atoms with van der Waals surface area (Å²) in [5.74, 6) is 0.808. The van der Waals surface area contributed by atoms with Gasteiger partial charge in [-0.3, -0.25) is 0 Å². The van der Waals surface area contributed by atoms with Crippen LogP contribution in [0.25, 0.3) is 0 Å². The molecule has 0 fully saturated rings. The van der Waals surface area contributed by atoms with Gasteiger partial charge >= 0.3 is 0 Å². The molecule has 0 bridgehead atoms. The summed E-state index contributed by atoms with van der Waals surface area (Å²) in [6.45, 7) is 2.75. The van der Waals surface area contributed by atoms with Crippen molar-refractivity contribution in [3.8, 4) is 0 Å². The van der Waals surface area contributed by atoms with Crippen LogP contribution < -0.4 is 5.73 Å². The quantitative estimate of drug-likeness (QED) is 0.444. The monoisotopic (exact) mass is 138 g/mol. The highest BCUT2D eigenvalue weighted by Crippen LogP contribution is 2.36. The first kappa shape index (κ1) is 7.48. The highest BCUT2D eigenvalue weighted by atomic mass is 14.6. The number of rotatable bonds is 4. The van der Waals surface area contributed by atoms with Crippen LogP contribution in [0.2, 0.25) is 0 Å². The minimum Gasteiger partial charge on any atom is -0.330 e. The standard InChI is InChI=1S/C8H14N2/c1-2-6-3-8(6)7(4-9)5-10/h3-4,7-9H,2,5,10H2,1H3. The van der Waals surface area contributed by atoms with E-state index in [4.69, 9.17) is 11.1 Å². The van der Waals surface area contributed by atoms with Gasteiger partial charge in [0.1, 0.15) is 0 Å². The largest absolute Gasteiger partial charge is 0.330 e. The second kappa shape index (κ2) is 2.97. The maximum atomic E-state index is 7.06. The van der Waals surface area contributed by atoms with Crippen LogP contribution in [-0.4, -0.2) is 12.8 Å². The normalized spacial score (nSPS) is 25.4. The van der Waals surface area contributed by atoms with E-state index in [-0.39, 0.29) is 5.92 Å². The molecule has 0 aromatic heterocycles. The van der Waals surface area contributed by atoms with Gasteiger partial charge in [0.15, 0.2) is 0 Å². The lowest BCUT2D eigenvalue weighted by atomic mass is 10.0. The molecule has 3 N–H and O–H groups in total. The Labute approximate surface area is 61.6 Å². The average molecular weight is 138 g/mol. The van der Waals surface area contributed by atoms with Gasteiger partial charge in [-0.05, 0) is 6.42 Å². The van der Waals surface area contributed by atoms with Gasteiger partial charge in [0.25, 0.3) is 0 Å². The zero-order chi connectivity index (χ0) is 7.56. The van der Waals surface area contributed by atoms with E-state index in [1.807, 2.05) is 0 Å². The number of allylic oxidation sites excluding steroid dienone is 2. The van der Waals surface area contributed by atoms with Crippen molar-refractivity contribution in [3.05, 3.63) is 11.6 Å². The number of nitrogens with one attached hydrogen (secondary N) is 1. The molecule has 2 atom stereocenters. The van der Waals surface area contributed by atoms with E-state index >= 15 is 0 Å². The van der Waals surface area contributed by atoms with E-state index in [2.05, 4.69) is 13.0 Å². The molecule has 0 aromatic carbocycles. The maximum Gasteiger partial charge on any atom is 0.0158 e. The lowest BCUT2D eigenvalue weighted by molar-refractivity contribution is 0.642. The molecule has 0 aliphatic heterocycles. The number of hydrogen-bond donors (Lipinski definition) is 2. The minimum atomic E-state index is 0.273. The molecule has 0 spiro atoms. The van der Waals surface area contributed by atoms with Gasteiger partial charge in [-0.1, -0.05) is 18.6 Å². The van der Waals surface area contributed by atoms with Crippen molar-refractivity contribution in [2.45, 2.75) is 13.3 Å². The summed E-state index contributed by atoms with van der Waals surface area (Å²) in [6.07, 6.45) is 4.79. The van der Waals surface area contributed by atoms with E-state index < -0.39 is 0 Å². The Bertz CT molecular complexity index is 161. The Morgan fingerprint density at radius 1 is 1.90 bits per heavy atom. The Hall–Kier alpha value is -0.630. The first-order chi connectivity index (χ1) is 4.83. The van der Waals surface area contributed by atoms with Crippen LogP contribution in [0.4, 0.5) is 0 Å². The third kappa shape index (κ3) is 1.27. The van der Waals surface area contributed by atoms with E-state index in [9.17, 15) is 0 Å². The van der Waals surface area contributed by atoms with E-state index in [1.54, 1.807) is 0 Å². The summed E-state index contributed by atoms with van der Waals surface area (Å²) in [6, 6.07) is 0. The predicted molar refractivity (Wildman–Crippen MR) is 43.2 cm³/mol. The molecular formula is C8H14N2. The highest BCUT2D eigenvalue weighted by molar-refractivity contribution is 5.61. The molecule has 2 nitrogen and oxygen atoms in total. The molecule has 2 unspecified atom stereocenters. The summed E-state index contributed by atoms with van der Waals surface area (Å²) in [5, 5.41) is 7.06. The van der Waals surface area contributed by atoms with Crippen LogP contribution in [0.1, 0.15) is 13.3 Å². The molecule has 0 saturated heterocycles. The molecule has 2 heteroatoms. The van der Waals surface area contributed by atoms with Gasteiger partial charge in [-0.2, -0.15) is 0 Å². The van der Waals surface area contributed by atoms with Gasteiger partial charge in [0.2, 0.25) is 0 Å². The molecule has 0 aromatic rings. The fraction of sp³-hybridized carbons (Fsp3) is 0.625. The van der Waals surface area contributed by atoms with Crippen LogP contribution in [-0.2, 0) is 0 Å². The van der Waals surface area contributed by atoms with Crippen LogP contribution in [0.3, 0.4) is 0 Å². The SMILES string of the molecule is CCC1=CC1C(C=N)CN. The third-order valence-corrected chi connectivity index (χ3v) is 2.07. The fourth-order valence-electron chi connectivity index (χ4n) is 1.25. The Morgan fingerprint density at radius 3 is 2.90 bits per heavy atom. The van der Waals surface area contributed by atoms with Crippen molar-refractivity contribution in [3.63, 3.8) is 0 Å². The molecule has 0 heterocycles. The molecule has 0 saturated carbocycles. The summed E-state index contributed by atoms with van der Waals surface area (Å²) < 4.78 is 0. The summed E-state index contributed by atoms with van der Waals surface area (Å²) in [4.78, 5) is 0. The van der Waals surface area contributed by atoms with E-state index in [0.29, 0.717) is 12.5 Å². The molecule has 10 heavy (non-hydrogen) atoms. The number of nitrogens with two attached hydrogens (primary N) is 1. The van der Waals surface area contributed by atoms with Crippen molar-refractivity contribution < 1.29 is 0 Å². The third-order valence-electron chi connectivity index (χ3n) is 2.07. The second-order valence-corrected chi connectivity index (χ2v) is 2.69. The lowest BCUT2D eigenvalue weighted by Gasteiger charge is -2.06. The van der Waals surface area contributed by atoms with Gasteiger partial charge in [0, 0.05) is 24.6 Å². The predicted octanol–water partition coefficient (Wildman–Crippen LogP) is 1.18. The summed E-state index contributed by atoms with van der Waals surface area (Å²) >= 11 is 0. The van der Waals surface area contributed by atoms with Crippen LogP contribution in [0, 0.1) is 17.2 Å². The van der Waals surface area contributed by atoms with E-state index in [1.165, 1.54) is 11.8 Å². The second-order valence-electron chi connectivity index (χ2n) is 2.69. The summed E-state index contributed by atoms with van der Waals surface area (Å²) in [7, 11) is 0. The summed E-state index contributed by atoms with van der Waals surface area (Å²) in [5.41, 5.74) is 6.93.